The second kappa shape index (κ2) is 12.2. The Hall–Kier alpha value is -2.96. The maximum absolute atomic E-state index is 12.3. The number of benzene rings is 2. The third-order valence-electron chi connectivity index (χ3n) is 5.76. The van der Waals surface area contributed by atoms with Crippen molar-refractivity contribution in [1.29, 1.82) is 0 Å². The van der Waals surface area contributed by atoms with Gasteiger partial charge in [0.05, 0.1) is 0 Å². The van der Waals surface area contributed by atoms with Crippen LogP contribution >= 0.6 is 0 Å². The van der Waals surface area contributed by atoms with Crippen molar-refractivity contribution in [2.45, 2.75) is 51.1 Å². The van der Waals surface area contributed by atoms with Crippen LogP contribution in [0.25, 0.3) is 6.08 Å². The summed E-state index contributed by atoms with van der Waals surface area (Å²) in [6.07, 6.45) is 8.92. The number of hydrazine groups is 1. The van der Waals surface area contributed by atoms with Gasteiger partial charge in [0.25, 0.3) is 0 Å². The highest BCUT2D eigenvalue weighted by Crippen LogP contribution is 2.24. The summed E-state index contributed by atoms with van der Waals surface area (Å²) >= 11 is 0. The van der Waals surface area contributed by atoms with Crippen molar-refractivity contribution in [2.24, 2.45) is 0 Å². The largest absolute Gasteiger partial charge is 0.342 e. The third-order valence-corrected chi connectivity index (χ3v) is 5.76. The van der Waals surface area contributed by atoms with Crippen LogP contribution < -0.4 is 16.2 Å². The lowest BCUT2D eigenvalue weighted by molar-refractivity contribution is -0.124. The Labute approximate surface area is 191 Å². The first-order chi connectivity index (χ1) is 15.5. The Bertz CT molecular complexity index is 896. The SMILES string of the molecule is CC(=O)Nc1ccc(/C=C/C(=O)N(C)CCCCCC2CC(c3ccccc3)NN2)cc1. The van der Waals surface area contributed by atoms with Gasteiger partial charge in [-0.2, -0.15) is 0 Å². The molecule has 0 aromatic heterocycles. The smallest absolute Gasteiger partial charge is 0.246 e. The Morgan fingerprint density at radius 2 is 1.78 bits per heavy atom. The van der Waals surface area contributed by atoms with Gasteiger partial charge in [-0.15, -0.1) is 0 Å². The summed E-state index contributed by atoms with van der Waals surface area (Å²) in [6.45, 7) is 2.24. The first-order valence-electron chi connectivity index (χ1n) is 11.4. The van der Waals surface area contributed by atoms with E-state index < -0.39 is 0 Å². The van der Waals surface area contributed by atoms with Crippen LogP contribution in [0.1, 0.15) is 56.2 Å². The van der Waals surface area contributed by atoms with Gasteiger partial charge in [0.1, 0.15) is 0 Å². The van der Waals surface area contributed by atoms with Gasteiger partial charge >= 0.3 is 0 Å². The minimum atomic E-state index is -0.0994. The fourth-order valence-electron chi connectivity index (χ4n) is 3.92. The van der Waals surface area contributed by atoms with Gasteiger partial charge in [-0.05, 0) is 48.6 Å². The van der Waals surface area contributed by atoms with Crippen LogP contribution in [-0.2, 0) is 9.59 Å². The van der Waals surface area contributed by atoms with E-state index in [1.165, 1.54) is 12.5 Å². The van der Waals surface area contributed by atoms with Crippen LogP contribution in [0, 0.1) is 0 Å². The molecule has 6 nitrogen and oxygen atoms in total. The second-order valence-corrected chi connectivity index (χ2v) is 8.43. The van der Waals surface area contributed by atoms with Gasteiger partial charge in [-0.25, -0.2) is 0 Å². The number of hydrogen-bond acceptors (Lipinski definition) is 4. The average Bonchev–Trinajstić information content (AvgIpc) is 3.27. The highest BCUT2D eigenvalue weighted by Gasteiger charge is 2.24. The van der Waals surface area contributed by atoms with Crippen molar-refractivity contribution in [3.63, 3.8) is 0 Å². The molecule has 0 bridgehead atoms. The molecule has 0 spiro atoms. The monoisotopic (exact) mass is 434 g/mol. The predicted molar refractivity (Wildman–Crippen MR) is 130 cm³/mol. The van der Waals surface area contributed by atoms with Crippen molar-refractivity contribution >= 4 is 23.6 Å². The molecule has 3 rings (SSSR count). The maximum Gasteiger partial charge on any atom is 0.246 e. The molecule has 1 saturated heterocycles. The van der Waals surface area contributed by atoms with Gasteiger partial charge < -0.3 is 10.2 Å². The van der Waals surface area contributed by atoms with Crippen LogP contribution in [-0.4, -0.2) is 36.3 Å². The van der Waals surface area contributed by atoms with Gasteiger partial charge in [0.15, 0.2) is 0 Å². The molecule has 0 radical (unpaired) electrons. The number of rotatable bonds is 10. The van der Waals surface area contributed by atoms with Gasteiger partial charge in [-0.1, -0.05) is 55.3 Å². The number of anilines is 1. The van der Waals surface area contributed by atoms with Gasteiger partial charge in [0.2, 0.25) is 11.8 Å². The van der Waals surface area contributed by atoms with Crippen LogP contribution in [0.15, 0.2) is 60.7 Å². The fraction of sp³-hybridized carbons (Fsp3) is 0.385. The van der Waals surface area contributed by atoms with Crippen molar-refractivity contribution in [3.05, 3.63) is 71.8 Å². The average molecular weight is 435 g/mol. The molecule has 3 N–H and O–H groups in total. The van der Waals surface area contributed by atoms with E-state index in [1.54, 1.807) is 17.1 Å². The summed E-state index contributed by atoms with van der Waals surface area (Å²) in [5.41, 5.74) is 9.83. The first-order valence-corrected chi connectivity index (χ1v) is 11.4. The number of carbonyl (C=O) groups is 2. The van der Waals surface area contributed by atoms with Crippen LogP contribution in [0.5, 0.6) is 0 Å². The fourth-order valence-corrected chi connectivity index (χ4v) is 3.92. The predicted octanol–water partition coefficient (Wildman–Crippen LogP) is 4.28. The number of amides is 2. The van der Waals surface area contributed by atoms with E-state index in [9.17, 15) is 9.59 Å². The van der Waals surface area contributed by atoms with Gasteiger partial charge in [0, 0.05) is 44.4 Å². The highest BCUT2D eigenvalue weighted by atomic mass is 16.2. The summed E-state index contributed by atoms with van der Waals surface area (Å²) in [7, 11) is 1.85. The lowest BCUT2D eigenvalue weighted by Crippen LogP contribution is -2.30. The molecule has 0 aliphatic carbocycles. The molecule has 1 fully saturated rings. The van der Waals surface area contributed by atoms with Crippen molar-refractivity contribution < 1.29 is 9.59 Å². The maximum atomic E-state index is 12.3. The van der Waals surface area contributed by atoms with E-state index in [2.05, 4.69) is 40.4 Å². The zero-order chi connectivity index (χ0) is 22.8. The summed E-state index contributed by atoms with van der Waals surface area (Å²) in [5.74, 6) is -0.0963. The summed E-state index contributed by atoms with van der Waals surface area (Å²) < 4.78 is 0. The Morgan fingerprint density at radius 3 is 2.50 bits per heavy atom. The van der Waals surface area contributed by atoms with E-state index in [0.29, 0.717) is 12.1 Å². The molecular formula is C26H34N4O2. The zero-order valence-corrected chi connectivity index (χ0v) is 19.0. The van der Waals surface area contributed by atoms with Crippen molar-refractivity contribution in [1.82, 2.24) is 15.8 Å². The van der Waals surface area contributed by atoms with Crippen LogP contribution in [0.3, 0.4) is 0 Å². The summed E-state index contributed by atoms with van der Waals surface area (Å²) in [5, 5.41) is 2.73. The first kappa shape index (κ1) is 23.7. The summed E-state index contributed by atoms with van der Waals surface area (Å²) in [4.78, 5) is 25.2. The van der Waals surface area contributed by atoms with Crippen molar-refractivity contribution in [2.75, 3.05) is 18.9 Å². The number of hydrogen-bond donors (Lipinski definition) is 3. The molecule has 2 aromatic carbocycles. The number of nitrogens with one attached hydrogen (secondary N) is 3. The minimum absolute atomic E-state index is 0.00306. The molecule has 1 aliphatic rings. The quantitative estimate of drug-likeness (QED) is 0.385. The van der Waals surface area contributed by atoms with E-state index >= 15 is 0 Å². The van der Waals surface area contributed by atoms with E-state index in [0.717, 1.165) is 49.9 Å². The molecule has 32 heavy (non-hydrogen) atoms. The lowest BCUT2D eigenvalue weighted by Gasteiger charge is -2.15. The molecule has 2 atom stereocenters. The normalized spacial score (nSPS) is 18.1. The minimum Gasteiger partial charge on any atom is -0.342 e. The Balaban J connectivity index is 1.30. The standard InChI is InChI=1S/C26H34N4O2/c1-20(31)27-23-15-12-21(13-16-23)14-17-26(32)30(2)18-8-4-7-11-24-19-25(29-28-24)22-9-5-3-6-10-22/h3,5-6,9-10,12-17,24-25,28-29H,4,7-8,11,18-19H2,1-2H3,(H,27,31)/b17-14+. The number of carbonyl (C=O) groups excluding carboxylic acids is 2. The van der Waals surface area contributed by atoms with Crippen LogP contribution in [0.2, 0.25) is 0 Å². The Kier molecular flexibility index (Phi) is 9.01. The molecule has 170 valence electrons. The molecule has 2 aromatic rings. The van der Waals surface area contributed by atoms with E-state index in [1.807, 2.05) is 37.4 Å². The highest BCUT2D eigenvalue weighted by molar-refractivity contribution is 5.92. The third kappa shape index (κ3) is 7.62. The molecule has 6 heteroatoms. The van der Waals surface area contributed by atoms with Crippen LogP contribution in [0.4, 0.5) is 5.69 Å². The van der Waals surface area contributed by atoms with E-state index in [4.69, 9.17) is 0 Å². The molecule has 1 aliphatic heterocycles. The van der Waals surface area contributed by atoms with E-state index in [-0.39, 0.29) is 11.8 Å². The number of nitrogens with zero attached hydrogens (tertiary/aromatic N) is 1. The molecule has 2 amide bonds. The topological polar surface area (TPSA) is 73.5 Å². The second-order valence-electron chi connectivity index (χ2n) is 8.43. The number of unbranched alkanes of at least 4 members (excludes halogenated alkanes) is 2. The van der Waals surface area contributed by atoms with Crippen molar-refractivity contribution in [3.8, 4) is 0 Å². The molecule has 1 heterocycles. The van der Waals surface area contributed by atoms with Gasteiger partial charge in [-0.3, -0.25) is 20.4 Å². The molecule has 0 saturated carbocycles. The molecule has 2 unspecified atom stereocenters. The zero-order valence-electron chi connectivity index (χ0n) is 19.0. The molecular weight excluding hydrogens is 400 g/mol. The number of likely N-dealkylation sites (N-methyl/N-ethyl adjacent to an activating group) is 1. The Morgan fingerprint density at radius 1 is 1.03 bits per heavy atom. The lowest BCUT2D eigenvalue weighted by atomic mass is 9.99. The summed E-state index contributed by atoms with van der Waals surface area (Å²) in [6, 6.07) is 18.9.